The van der Waals surface area contributed by atoms with E-state index in [0.717, 1.165) is 28.5 Å². The Bertz CT molecular complexity index is 653. The van der Waals surface area contributed by atoms with Crippen LogP contribution in [0.2, 0.25) is 0 Å². The molecular weight excluding hydrogens is 298 g/mol. The van der Waals surface area contributed by atoms with Gasteiger partial charge in [-0.15, -0.1) is 11.3 Å². The summed E-state index contributed by atoms with van der Waals surface area (Å²) in [6, 6.07) is -0.219. The van der Waals surface area contributed by atoms with Crippen LogP contribution in [0.3, 0.4) is 0 Å². The molecule has 0 aliphatic heterocycles. The summed E-state index contributed by atoms with van der Waals surface area (Å²) in [6.07, 6.45) is 2.52. The van der Waals surface area contributed by atoms with Crippen LogP contribution in [-0.2, 0) is 18.9 Å². The quantitative estimate of drug-likeness (QED) is 0.909. The molecule has 2 rings (SSSR count). The molecule has 7 heteroatoms. The Labute approximate surface area is 135 Å². The van der Waals surface area contributed by atoms with Gasteiger partial charge in [-0.3, -0.25) is 4.68 Å². The highest BCUT2D eigenvalue weighted by Crippen LogP contribution is 2.23. The van der Waals surface area contributed by atoms with Crippen LogP contribution in [0.1, 0.15) is 37.2 Å². The molecule has 0 aromatic carbocycles. The van der Waals surface area contributed by atoms with Gasteiger partial charge in [0.05, 0.1) is 22.1 Å². The summed E-state index contributed by atoms with van der Waals surface area (Å²) >= 11 is 1.64. The maximum Gasteiger partial charge on any atom is 0.319 e. The minimum Gasteiger partial charge on any atom is -0.337 e. The van der Waals surface area contributed by atoms with Crippen LogP contribution >= 0.6 is 11.3 Å². The molecule has 6 nitrogen and oxygen atoms in total. The predicted molar refractivity (Wildman–Crippen MR) is 89.5 cm³/mol. The highest BCUT2D eigenvalue weighted by Gasteiger charge is 2.17. The monoisotopic (exact) mass is 321 g/mol. The zero-order valence-electron chi connectivity index (χ0n) is 13.7. The molecule has 0 spiro atoms. The molecule has 2 amide bonds. The number of carbonyl (C=O) groups excluding carboxylic acids is 1. The van der Waals surface area contributed by atoms with E-state index in [0.29, 0.717) is 6.54 Å². The van der Waals surface area contributed by atoms with E-state index in [4.69, 9.17) is 0 Å². The predicted octanol–water partition coefficient (Wildman–Crippen LogP) is 2.85. The van der Waals surface area contributed by atoms with Crippen molar-refractivity contribution in [1.82, 2.24) is 20.1 Å². The second-order valence-corrected chi connectivity index (χ2v) is 7.25. The van der Waals surface area contributed by atoms with Crippen LogP contribution in [0, 0.1) is 6.92 Å². The number of nitrogens with one attached hydrogen (secondary N) is 2. The van der Waals surface area contributed by atoms with Crippen molar-refractivity contribution in [2.75, 3.05) is 11.9 Å². The van der Waals surface area contributed by atoms with Gasteiger partial charge in [-0.25, -0.2) is 9.78 Å². The molecular formula is C15H23N5OS. The maximum atomic E-state index is 11.9. The number of amides is 2. The smallest absolute Gasteiger partial charge is 0.319 e. The van der Waals surface area contributed by atoms with Gasteiger partial charge in [0, 0.05) is 37.0 Å². The van der Waals surface area contributed by atoms with E-state index in [1.807, 2.05) is 14.0 Å². The third kappa shape index (κ3) is 4.30. The Balaban J connectivity index is 1.80. The van der Waals surface area contributed by atoms with Gasteiger partial charge < -0.3 is 10.6 Å². The fraction of sp³-hybridized carbons (Fsp3) is 0.533. The molecule has 2 aromatic heterocycles. The molecule has 2 N–H and O–H groups in total. The van der Waals surface area contributed by atoms with E-state index < -0.39 is 0 Å². The topological polar surface area (TPSA) is 71.8 Å². The Morgan fingerprint density at radius 1 is 1.41 bits per heavy atom. The van der Waals surface area contributed by atoms with Crippen molar-refractivity contribution in [3.05, 3.63) is 28.0 Å². The molecule has 22 heavy (non-hydrogen) atoms. The summed E-state index contributed by atoms with van der Waals surface area (Å²) in [4.78, 5) is 16.5. The lowest BCUT2D eigenvalue weighted by Gasteiger charge is -2.14. The lowest BCUT2D eigenvalue weighted by Crippen LogP contribution is -2.30. The number of rotatable bonds is 4. The van der Waals surface area contributed by atoms with Gasteiger partial charge in [-0.2, -0.15) is 5.10 Å². The van der Waals surface area contributed by atoms with E-state index in [1.165, 1.54) is 0 Å². The fourth-order valence-electron chi connectivity index (χ4n) is 1.94. The van der Waals surface area contributed by atoms with Gasteiger partial charge in [0.1, 0.15) is 0 Å². The van der Waals surface area contributed by atoms with Crippen molar-refractivity contribution >= 4 is 23.1 Å². The number of urea groups is 1. The molecule has 0 unspecified atom stereocenters. The van der Waals surface area contributed by atoms with Crippen molar-refractivity contribution in [2.24, 2.45) is 7.05 Å². The summed E-state index contributed by atoms with van der Waals surface area (Å²) in [5.74, 6) is 0. The van der Waals surface area contributed by atoms with Crippen molar-refractivity contribution in [2.45, 2.75) is 39.5 Å². The number of thiazole rings is 1. The molecule has 120 valence electrons. The molecule has 0 bridgehead atoms. The van der Waals surface area contributed by atoms with E-state index in [9.17, 15) is 4.79 Å². The molecule has 0 saturated carbocycles. The highest BCUT2D eigenvalue weighted by atomic mass is 32.1. The summed E-state index contributed by atoms with van der Waals surface area (Å²) in [5, 5.41) is 13.0. The van der Waals surface area contributed by atoms with Gasteiger partial charge in [0.25, 0.3) is 0 Å². The number of hydrogen-bond donors (Lipinski definition) is 2. The number of nitrogens with zero attached hydrogens (tertiary/aromatic N) is 3. The number of aryl methyl sites for hydroxylation is 2. The Kier molecular flexibility index (Phi) is 4.85. The first kappa shape index (κ1) is 16.5. The average Bonchev–Trinajstić information content (AvgIpc) is 2.97. The minimum absolute atomic E-state index is 0.0669. The molecule has 2 heterocycles. The first-order chi connectivity index (χ1) is 10.3. The van der Waals surface area contributed by atoms with E-state index >= 15 is 0 Å². The standard InChI is InChI=1S/C15H23N5OS/c1-10-11(8-20(5)19-10)17-14(21)16-7-6-13-18-12(9-22-13)15(2,3)4/h8-9H,6-7H2,1-5H3,(H2,16,17,21). The first-order valence-electron chi connectivity index (χ1n) is 7.25. The molecule has 0 fully saturated rings. The van der Waals surface area contributed by atoms with Crippen molar-refractivity contribution in [3.8, 4) is 0 Å². The lowest BCUT2D eigenvalue weighted by atomic mass is 9.93. The highest BCUT2D eigenvalue weighted by molar-refractivity contribution is 7.09. The van der Waals surface area contributed by atoms with Crippen LogP contribution in [0.25, 0.3) is 0 Å². The van der Waals surface area contributed by atoms with E-state index in [-0.39, 0.29) is 11.4 Å². The fourth-order valence-corrected chi connectivity index (χ4v) is 2.97. The van der Waals surface area contributed by atoms with Crippen molar-refractivity contribution in [1.29, 1.82) is 0 Å². The Hall–Kier alpha value is -1.89. The van der Waals surface area contributed by atoms with Gasteiger partial charge >= 0.3 is 6.03 Å². The largest absolute Gasteiger partial charge is 0.337 e. The number of carbonyl (C=O) groups is 1. The minimum atomic E-state index is -0.219. The van der Waals surface area contributed by atoms with E-state index in [1.54, 1.807) is 22.2 Å². The third-order valence-electron chi connectivity index (χ3n) is 3.21. The van der Waals surface area contributed by atoms with Gasteiger partial charge in [0.2, 0.25) is 0 Å². The second-order valence-electron chi connectivity index (χ2n) is 6.31. The number of hydrogen-bond acceptors (Lipinski definition) is 4. The normalized spacial score (nSPS) is 11.5. The van der Waals surface area contributed by atoms with Crippen LogP contribution in [-0.4, -0.2) is 27.3 Å². The van der Waals surface area contributed by atoms with E-state index in [2.05, 4.69) is 46.9 Å². The van der Waals surface area contributed by atoms with Crippen LogP contribution in [0.5, 0.6) is 0 Å². The molecule has 0 aliphatic carbocycles. The summed E-state index contributed by atoms with van der Waals surface area (Å²) in [7, 11) is 1.82. The molecule has 0 radical (unpaired) electrons. The molecule has 0 aliphatic rings. The summed E-state index contributed by atoms with van der Waals surface area (Å²) in [6.45, 7) is 8.86. The molecule has 0 atom stereocenters. The summed E-state index contributed by atoms with van der Waals surface area (Å²) < 4.78 is 1.68. The molecule has 2 aromatic rings. The van der Waals surface area contributed by atoms with Gasteiger partial charge in [0.15, 0.2) is 0 Å². The Morgan fingerprint density at radius 2 is 2.14 bits per heavy atom. The van der Waals surface area contributed by atoms with Gasteiger partial charge in [-0.1, -0.05) is 20.8 Å². The number of anilines is 1. The van der Waals surface area contributed by atoms with Crippen molar-refractivity contribution < 1.29 is 4.79 Å². The van der Waals surface area contributed by atoms with Crippen LogP contribution in [0.4, 0.5) is 10.5 Å². The van der Waals surface area contributed by atoms with Gasteiger partial charge in [-0.05, 0) is 6.92 Å². The summed E-state index contributed by atoms with van der Waals surface area (Å²) in [5.41, 5.74) is 2.69. The number of aromatic nitrogens is 3. The molecule has 0 saturated heterocycles. The zero-order valence-corrected chi connectivity index (χ0v) is 14.5. The SMILES string of the molecule is Cc1nn(C)cc1NC(=O)NCCc1nc(C(C)(C)C)cs1. The zero-order chi connectivity index (χ0) is 16.3. The van der Waals surface area contributed by atoms with Crippen molar-refractivity contribution in [3.63, 3.8) is 0 Å². The Morgan fingerprint density at radius 3 is 2.68 bits per heavy atom. The van der Waals surface area contributed by atoms with Crippen LogP contribution in [0.15, 0.2) is 11.6 Å². The second kappa shape index (κ2) is 6.48. The maximum absolute atomic E-state index is 11.9. The third-order valence-corrected chi connectivity index (χ3v) is 4.11. The first-order valence-corrected chi connectivity index (χ1v) is 8.13. The lowest BCUT2D eigenvalue weighted by molar-refractivity contribution is 0.252. The average molecular weight is 321 g/mol. The van der Waals surface area contributed by atoms with Crippen LogP contribution < -0.4 is 10.6 Å².